The summed E-state index contributed by atoms with van der Waals surface area (Å²) in [5.74, 6) is -0.841. The lowest BCUT2D eigenvalue weighted by Crippen LogP contribution is -2.32. The Morgan fingerprint density at radius 3 is 2.83 bits per heavy atom. The highest BCUT2D eigenvalue weighted by atomic mass is 32.2. The third kappa shape index (κ3) is 3.76. The summed E-state index contributed by atoms with van der Waals surface area (Å²) in [6, 6.07) is 5.88. The second kappa shape index (κ2) is 5.77. The highest BCUT2D eigenvalue weighted by Gasteiger charge is 2.19. The zero-order chi connectivity index (χ0) is 13.0. The van der Waals surface area contributed by atoms with Crippen molar-refractivity contribution in [3.8, 4) is 0 Å². The SMILES string of the molecule is O=S(=O)(Cc1ccccc1F)NCC1CCCO1. The maximum Gasteiger partial charge on any atom is 0.215 e. The van der Waals surface area contributed by atoms with E-state index < -0.39 is 15.8 Å². The molecule has 1 aliphatic heterocycles. The summed E-state index contributed by atoms with van der Waals surface area (Å²) in [6.45, 7) is 0.941. The van der Waals surface area contributed by atoms with E-state index in [9.17, 15) is 12.8 Å². The molecule has 1 fully saturated rings. The van der Waals surface area contributed by atoms with Gasteiger partial charge in [0.25, 0.3) is 0 Å². The summed E-state index contributed by atoms with van der Waals surface area (Å²) in [4.78, 5) is 0. The first kappa shape index (κ1) is 13.5. The number of sulfonamides is 1. The van der Waals surface area contributed by atoms with E-state index >= 15 is 0 Å². The van der Waals surface area contributed by atoms with E-state index in [1.807, 2.05) is 0 Å². The average molecular weight is 273 g/mol. The van der Waals surface area contributed by atoms with Gasteiger partial charge in [0.2, 0.25) is 10.0 Å². The van der Waals surface area contributed by atoms with Crippen molar-refractivity contribution < 1.29 is 17.5 Å². The molecule has 0 radical (unpaired) electrons. The number of hydrogen-bond acceptors (Lipinski definition) is 3. The largest absolute Gasteiger partial charge is 0.377 e. The van der Waals surface area contributed by atoms with Crippen molar-refractivity contribution in [1.82, 2.24) is 4.72 Å². The number of benzene rings is 1. The van der Waals surface area contributed by atoms with E-state index in [-0.39, 0.29) is 24.0 Å². The van der Waals surface area contributed by atoms with E-state index in [0.29, 0.717) is 6.61 Å². The molecule has 100 valence electrons. The molecule has 0 saturated carbocycles. The highest BCUT2D eigenvalue weighted by Crippen LogP contribution is 2.13. The van der Waals surface area contributed by atoms with Crippen molar-refractivity contribution in [2.75, 3.05) is 13.2 Å². The van der Waals surface area contributed by atoms with Crippen molar-refractivity contribution >= 4 is 10.0 Å². The van der Waals surface area contributed by atoms with Gasteiger partial charge in [0.05, 0.1) is 11.9 Å². The fourth-order valence-electron chi connectivity index (χ4n) is 1.90. The van der Waals surface area contributed by atoms with Crippen LogP contribution in [0.25, 0.3) is 0 Å². The van der Waals surface area contributed by atoms with Crippen LogP contribution in [0.15, 0.2) is 24.3 Å². The van der Waals surface area contributed by atoms with Crippen molar-refractivity contribution in [3.63, 3.8) is 0 Å². The van der Waals surface area contributed by atoms with Crippen LogP contribution in [0.1, 0.15) is 18.4 Å². The zero-order valence-electron chi connectivity index (χ0n) is 9.93. The number of halogens is 1. The van der Waals surface area contributed by atoms with Crippen molar-refractivity contribution in [2.45, 2.75) is 24.7 Å². The summed E-state index contributed by atoms with van der Waals surface area (Å²) in [5, 5.41) is 0. The van der Waals surface area contributed by atoms with Crippen LogP contribution in [0.5, 0.6) is 0 Å². The van der Waals surface area contributed by atoms with Gasteiger partial charge in [-0.2, -0.15) is 0 Å². The van der Waals surface area contributed by atoms with Crippen LogP contribution in [0.3, 0.4) is 0 Å². The lowest BCUT2D eigenvalue weighted by Gasteiger charge is -2.11. The van der Waals surface area contributed by atoms with Crippen LogP contribution in [0.4, 0.5) is 4.39 Å². The average Bonchev–Trinajstić information content (AvgIpc) is 2.83. The van der Waals surface area contributed by atoms with Gasteiger partial charge in [-0.15, -0.1) is 0 Å². The van der Waals surface area contributed by atoms with Gasteiger partial charge >= 0.3 is 0 Å². The molecular weight excluding hydrogens is 257 g/mol. The number of ether oxygens (including phenoxy) is 1. The molecule has 18 heavy (non-hydrogen) atoms. The summed E-state index contributed by atoms with van der Waals surface area (Å²) >= 11 is 0. The topological polar surface area (TPSA) is 55.4 Å². The maximum atomic E-state index is 13.3. The molecule has 1 aliphatic rings. The minimum Gasteiger partial charge on any atom is -0.377 e. The summed E-state index contributed by atoms with van der Waals surface area (Å²) in [6.07, 6.45) is 1.77. The van der Waals surface area contributed by atoms with Crippen molar-refractivity contribution in [3.05, 3.63) is 35.6 Å². The molecule has 4 nitrogen and oxygen atoms in total. The van der Waals surface area contributed by atoms with Crippen LogP contribution < -0.4 is 4.72 Å². The van der Waals surface area contributed by atoms with Gasteiger partial charge in [0.15, 0.2) is 0 Å². The molecule has 1 aromatic rings. The Hall–Kier alpha value is -0.980. The van der Waals surface area contributed by atoms with E-state index in [2.05, 4.69) is 4.72 Å². The molecule has 0 aromatic heterocycles. The molecular formula is C12H16FNO3S. The molecule has 1 N–H and O–H groups in total. The molecule has 1 unspecified atom stereocenters. The first-order chi connectivity index (χ1) is 8.57. The quantitative estimate of drug-likeness (QED) is 0.883. The summed E-state index contributed by atoms with van der Waals surface area (Å²) in [5.41, 5.74) is 0.178. The van der Waals surface area contributed by atoms with Crippen molar-refractivity contribution in [2.24, 2.45) is 0 Å². The van der Waals surface area contributed by atoms with E-state index in [4.69, 9.17) is 4.74 Å². The molecule has 1 aromatic carbocycles. The van der Waals surface area contributed by atoms with E-state index in [1.54, 1.807) is 6.07 Å². The second-order valence-corrected chi connectivity index (χ2v) is 6.14. The van der Waals surface area contributed by atoms with Gasteiger partial charge in [-0.3, -0.25) is 0 Å². The van der Waals surface area contributed by atoms with Gasteiger partial charge in [0.1, 0.15) is 5.82 Å². The molecule has 2 rings (SSSR count). The lowest BCUT2D eigenvalue weighted by molar-refractivity contribution is 0.114. The standard InChI is InChI=1S/C12H16FNO3S/c13-12-6-2-1-4-10(12)9-18(15,16)14-8-11-5-3-7-17-11/h1-2,4,6,11,14H,3,5,7-9H2. The molecule has 6 heteroatoms. The molecule has 1 atom stereocenters. The molecule has 1 heterocycles. The Morgan fingerprint density at radius 1 is 1.39 bits per heavy atom. The molecule has 0 amide bonds. The van der Waals surface area contributed by atoms with Crippen LogP contribution in [0.2, 0.25) is 0 Å². The third-order valence-corrected chi connectivity index (χ3v) is 4.16. The summed E-state index contributed by atoms with van der Waals surface area (Å²) < 4.78 is 44.7. The van der Waals surface area contributed by atoms with Crippen LogP contribution in [-0.4, -0.2) is 27.7 Å². The normalized spacial score (nSPS) is 20.2. The first-order valence-electron chi connectivity index (χ1n) is 5.89. The van der Waals surface area contributed by atoms with Crippen LogP contribution in [0, 0.1) is 5.82 Å². The van der Waals surface area contributed by atoms with Gasteiger partial charge in [-0.05, 0) is 18.9 Å². The fourth-order valence-corrected chi connectivity index (χ4v) is 3.08. The van der Waals surface area contributed by atoms with Crippen molar-refractivity contribution in [1.29, 1.82) is 0 Å². The van der Waals surface area contributed by atoms with Gasteiger partial charge in [-0.1, -0.05) is 18.2 Å². The number of nitrogens with one attached hydrogen (secondary N) is 1. The first-order valence-corrected chi connectivity index (χ1v) is 7.54. The Bertz CT molecular complexity index is 498. The Labute approximate surface area is 106 Å². The van der Waals surface area contributed by atoms with Crippen LogP contribution in [-0.2, 0) is 20.5 Å². The lowest BCUT2D eigenvalue weighted by atomic mass is 10.2. The zero-order valence-corrected chi connectivity index (χ0v) is 10.7. The smallest absolute Gasteiger partial charge is 0.215 e. The predicted molar refractivity (Wildman–Crippen MR) is 66.0 cm³/mol. The number of rotatable bonds is 5. The fraction of sp³-hybridized carbons (Fsp3) is 0.500. The highest BCUT2D eigenvalue weighted by molar-refractivity contribution is 7.88. The van der Waals surface area contributed by atoms with Gasteiger partial charge in [0, 0.05) is 18.7 Å². The Morgan fingerprint density at radius 2 is 2.17 bits per heavy atom. The summed E-state index contributed by atoms with van der Waals surface area (Å²) in [7, 11) is -3.51. The van der Waals surface area contributed by atoms with Gasteiger partial charge < -0.3 is 4.74 Å². The number of hydrogen-bond donors (Lipinski definition) is 1. The minimum atomic E-state index is -3.51. The molecule has 0 aliphatic carbocycles. The van der Waals surface area contributed by atoms with E-state index in [0.717, 1.165) is 12.8 Å². The van der Waals surface area contributed by atoms with Crippen LogP contribution >= 0.6 is 0 Å². The third-order valence-electron chi connectivity index (χ3n) is 2.86. The molecule has 1 saturated heterocycles. The van der Waals surface area contributed by atoms with E-state index in [1.165, 1.54) is 18.2 Å². The molecule has 0 spiro atoms. The Kier molecular flexibility index (Phi) is 4.31. The monoisotopic (exact) mass is 273 g/mol. The predicted octanol–water partition coefficient (Wildman–Crippen LogP) is 1.42. The maximum absolute atomic E-state index is 13.3. The molecule has 0 bridgehead atoms. The van der Waals surface area contributed by atoms with Gasteiger partial charge in [-0.25, -0.2) is 17.5 Å². The second-order valence-electron chi connectivity index (χ2n) is 4.33. The Balaban J connectivity index is 1.92. The minimum absolute atomic E-state index is 0.0552.